The lowest BCUT2D eigenvalue weighted by Crippen LogP contribution is -2.35. The van der Waals surface area contributed by atoms with Crippen LogP contribution in [0.4, 0.5) is 0 Å². The quantitative estimate of drug-likeness (QED) is 0.555. The average Bonchev–Trinajstić information content (AvgIpc) is 2.14. The Hall–Kier alpha value is -0.550. The molecule has 70 valence electrons. The van der Waals surface area contributed by atoms with Gasteiger partial charge >= 0.3 is 0 Å². The van der Waals surface area contributed by atoms with Crippen LogP contribution in [-0.2, 0) is 0 Å². The number of hydrogen-bond donors (Lipinski definition) is 0. The summed E-state index contributed by atoms with van der Waals surface area (Å²) in [5.74, 6) is 0. The summed E-state index contributed by atoms with van der Waals surface area (Å²) in [7, 11) is 2.11. The summed E-state index contributed by atoms with van der Waals surface area (Å²) in [5, 5.41) is 8.77. The number of nitriles is 1. The van der Waals surface area contributed by atoms with E-state index in [1.54, 1.807) is 0 Å². The molecule has 1 saturated heterocycles. The highest BCUT2D eigenvalue weighted by molar-refractivity contribution is 4.98. The zero-order valence-electron chi connectivity index (χ0n) is 8.72. The Morgan fingerprint density at radius 2 is 1.67 bits per heavy atom. The molecule has 1 heterocycles. The fourth-order valence-electron chi connectivity index (χ4n) is 1.22. The van der Waals surface area contributed by atoms with E-state index in [0.29, 0.717) is 0 Å². The third-order valence-corrected chi connectivity index (χ3v) is 2.36. The second-order valence-corrected chi connectivity index (χ2v) is 3.48. The van der Waals surface area contributed by atoms with Gasteiger partial charge in [-0.2, -0.15) is 5.26 Å². The van der Waals surface area contributed by atoms with E-state index in [9.17, 15) is 0 Å². The van der Waals surface area contributed by atoms with Crippen LogP contribution in [0.25, 0.3) is 0 Å². The van der Waals surface area contributed by atoms with Crippen LogP contribution < -0.4 is 0 Å². The molecule has 0 amide bonds. The summed E-state index contributed by atoms with van der Waals surface area (Å²) >= 11 is 0. The first-order chi connectivity index (χ1) is 5.66. The summed E-state index contributed by atoms with van der Waals surface area (Å²) in [6.45, 7) is 8.20. The summed E-state index contributed by atoms with van der Waals surface area (Å²) in [5.41, 5.74) is -0.0352. The smallest absolute Gasteiger partial charge is 0.0687 e. The topological polar surface area (TPSA) is 27.0 Å². The third kappa shape index (κ3) is 3.23. The van der Waals surface area contributed by atoms with Gasteiger partial charge in [0.1, 0.15) is 0 Å². The highest BCUT2D eigenvalue weighted by atomic mass is 15.1. The Morgan fingerprint density at radius 1 is 1.25 bits per heavy atom. The van der Waals surface area contributed by atoms with Gasteiger partial charge in [-0.15, -0.1) is 0 Å². The largest absolute Gasteiger partial charge is 0.306 e. The van der Waals surface area contributed by atoms with E-state index in [0.717, 1.165) is 25.9 Å². The fraction of sp³-hybridized carbons (Fsp3) is 0.900. The maximum atomic E-state index is 8.77. The molecular formula is C10H20N2. The first-order valence-corrected chi connectivity index (χ1v) is 4.76. The van der Waals surface area contributed by atoms with Crippen molar-refractivity contribution in [3.63, 3.8) is 0 Å². The van der Waals surface area contributed by atoms with Crippen LogP contribution in [0.5, 0.6) is 0 Å². The number of likely N-dealkylation sites (tertiary alicyclic amines) is 1. The standard InChI is InChI=1S/C8H14N2.C2H6/c1-8(7-9)3-5-10(2)6-4-8;1-2/h3-6H2,1-2H3;1-2H3. The van der Waals surface area contributed by atoms with Crippen molar-refractivity contribution in [2.45, 2.75) is 33.6 Å². The van der Waals surface area contributed by atoms with Crippen LogP contribution in [0, 0.1) is 16.7 Å². The molecule has 0 spiro atoms. The monoisotopic (exact) mass is 168 g/mol. The summed E-state index contributed by atoms with van der Waals surface area (Å²) < 4.78 is 0. The van der Waals surface area contributed by atoms with Crippen LogP contribution >= 0.6 is 0 Å². The zero-order chi connectivity index (χ0) is 9.61. The number of nitrogens with zero attached hydrogens (tertiary/aromatic N) is 2. The maximum Gasteiger partial charge on any atom is 0.0687 e. The van der Waals surface area contributed by atoms with Gasteiger partial charge in [-0.3, -0.25) is 0 Å². The molecule has 0 atom stereocenters. The van der Waals surface area contributed by atoms with Gasteiger partial charge in [0.25, 0.3) is 0 Å². The first-order valence-electron chi connectivity index (χ1n) is 4.76. The highest BCUT2D eigenvalue weighted by Gasteiger charge is 2.27. The summed E-state index contributed by atoms with van der Waals surface area (Å²) in [4.78, 5) is 2.28. The van der Waals surface area contributed by atoms with Crippen molar-refractivity contribution in [3.05, 3.63) is 0 Å². The molecule has 0 aromatic heterocycles. The number of rotatable bonds is 0. The Kier molecular flexibility index (Phi) is 4.92. The van der Waals surface area contributed by atoms with Gasteiger partial charge in [0, 0.05) is 0 Å². The van der Waals surface area contributed by atoms with Crippen molar-refractivity contribution < 1.29 is 0 Å². The fourth-order valence-corrected chi connectivity index (χ4v) is 1.22. The molecule has 1 fully saturated rings. The van der Waals surface area contributed by atoms with E-state index in [-0.39, 0.29) is 5.41 Å². The molecular weight excluding hydrogens is 148 g/mol. The molecule has 0 aromatic carbocycles. The van der Waals surface area contributed by atoms with E-state index < -0.39 is 0 Å². The molecule has 1 aliphatic rings. The van der Waals surface area contributed by atoms with Gasteiger partial charge in [-0.25, -0.2) is 0 Å². The summed E-state index contributed by atoms with van der Waals surface area (Å²) in [6.07, 6.45) is 2.06. The first kappa shape index (κ1) is 11.4. The molecule has 0 bridgehead atoms. The molecule has 2 nitrogen and oxygen atoms in total. The van der Waals surface area contributed by atoms with Crippen molar-refractivity contribution in [3.8, 4) is 6.07 Å². The lowest BCUT2D eigenvalue weighted by Gasteiger charge is -2.32. The molecule has 1 aliphatic heterocycles. The third-order valence-electron chi connectivity index (χ3n) is 2.36. The van der Waals surface area contributed by atoms with Crippen LogP contribution in [0.1, 0.15) is 33.6 Å². The zero-order valence-corrected chi connectivity index (χ0v) is 8.72. The van der Waals surface area contributed by atoms with E-state index in [4.69, 9.17) is 5.26 Å². The Labute approximate surface area is 76.2 Å². The minimum Gasteiger partial charge on any atom is -0.306 e. The summed E-state index contributed by atoms with van der Waals surface area (Å²) in [6, 6.07) is 2.37. The van der Waals surface area contributed by atoms with Gasteiger partial charge in [0.05, 0.1) is 11.5 Å². The minimum absolute atomic E-state index is 0.0352. The van der Waals surface area contributed by atoms with Gasteiger partial charge in [0.15, 0.2) is 0 Å². The van der Waals surface area contributed by atoms with E-state index in [1.165, 1.54) is 0 Å². The Balaban J connectivity index is 0.000000561. The van der Waals surface area contributed by atoms with Crippen molar-refractivity contribution in [1.29, 1.82) is 5.26 Å². The SMILES string of the molecule is CC.CN1CCC(C)(C#N)CC1. The maximum absolute atomic E-state index is 8.77. The van der Waals surface area contributed by atoms with Gasteiger partial charge in [-0.05, 0) is 39.9 Å². The van der Waals surface area contributed by atoms with Crippen molar-refractivity contribution in [2.75, 3.05) is 20.1 Å². The molecule has 0 N–H and O–H groups in total. The number of hydrogen-bond acceptors (Lipinski definition) is 2. The Morgan fingerprint density at radius 3 is 2.00 bits per heavy atom. The molecule has 2 heteroatoms. The van der Waals surface area contributed by atoms with Crippen molar-refractivity contribution >= 4 is 0 Å². The van der Waals surface area contributed by atoms with Gasteiger partial charge in [0.2, 0.25) is 0 Å². The number of piperidine rings is 1. The lowest BCUT2D eigenvalue weighted by atomic mass is 9.82. The molecule has 0 aliphatic carbocycles. The van der Waals surface area contributed by atoms with Crippen LogP contribution in [0.2, 0.25) is 0 Å². The predicted octanol–water partition coefficient (Wildman–Crippen LogP) is 2.27. The molecule has 0 saturated carbocycles. The molecule has 0 radical (unpaired) electrons. The lowest BCUT2D eigenvalue weighted by molar-refractivity contribution is 0.186. The molecule has 12 heavy (non-hydrogen) atoms. The second-order valence-electron chi connectivity index (χ2n) is 3.48. The van der Waals surface area contributed by atoms with E-state index in [1.807, 2.05) is 13.8 Å². The predicted molar refractivity (Wildman–Crippen MR) is 51.8 cm³/mol. The van der Waals surface area contributed by atoms with Crippen molar-refractivity contribution in [1.82, 2.24) is 4.90 Å². The van der Waals surface area contributed by atoms with Crippen LogP contribution in [0.15, 0.2) is 0 Å². The van der Waals surface area contributed by atoms with Crippen LogP contribution in [0.3, 0.4) is 0 Å². The van der Waals surface area contributed by atoms with Crippen molar-refractivity contribution in [2.24, 2.45) is 5.41 Å². The molecule has 0 unspecified atom stereocenters. The Bertz CT molecular complexity index is 150. The minimum atomic E-state index is -0.0352. The van der Waals surface area contributed by atoms with E-state index in [2.05, 4.69) is 24.9 Å². The molecule has 0 aromatic rings. The van der Waals surface area contributed by atoms with Gasteiger partial charge in [-0.1, -0.05) is 13.8 Å². The second kappa shape index (κ2) is 5.16. The van der Waals surface area contributed by atoms with E-state index >= 15 is 0 Å². The highest BCUT2D eigenvalue weighted by Crippen LogP contribution is 2.28. The average molecular weight is 168 g/mol. The van der Waals surface area contributed by atoms with Crippen LogP contribution in [-0.4, -0.2) is 25.0 Å². The van der Waals surface area contributed by atoms with Gasteiger partial charge < -0.3 is 4.90 Å². The normalized spacial score (nSPS) is 21.9. The molecule has 1 rings (SSSR count).